The van der Waals surface area contributed by atoms with Gasteiger partial charge in [-0.05, 0) is 48.5 Å². The van der Waals surface area contributed by atoms with Gasteiger partial charge in [0.2, 0.25) is 10.0 Å². The zero-order valence-electron chi connectivity index (χ0n) is 17.2. The fourth-order valence-electron chi connectivity index (χ4n) is 3.09. The molecule has 2 heterocycles. The van der Waals surface area contributed by atoms with Crippen molar-refractivity contribution in [3.05, 3.63) is 84.0 Å². The van der Waals surface area contributed by atoms with Gasteiger partial charge < -0.3 is 0 Å². The molecular weight excluding hydrogens is 486 g/mol. The Morgan fingerprint density at radius 2 is 1.61 bits per heavy atom. The first-order valence-electron chi connectivity index (χ1n) is 9.46. The summed E-state index contributed by atoms with van der Waals surface area (Å²) in [4.78, 5) is 4.01. The predicted molar refractivity (Wildman–Crippen MR) is 125 cm³/mol. The molecule has 0 saturated heterocycles. The van der Waals surface area contributed by atoms with E-state index in [0.29, 0.717) is 22.0 Å². The molecule has 0 aliphatic rings. The Bertz CT molecular complexity index is 1500. The topological polar surface area (TPSA) is 128 Å². The summed E-state index contributed by atoms with van der Waals surface area (Å²) >= 11 is 6.00. The van der Waals surface area contributed by atoms with E-state index in [1.165, 1.54) is 48.3 Å². The van der Waals surface area contributed by atoms with Crippen molar-refractivity contribution in [1.82, 2.24) is 14.8 Å². The van der Waals surface area contributed by atoms with Gasteiger partial charge in [0, 0.05) is 29.9 Å². The number of hydrogen-bond donors (Lipinski definition) is 1. The fraction of sp³-hybridized carbons (Fsp3) is 0.0476. The van der Waals surface area contributed by atoms with Crippen LogP contribution in [0.3, 0.4) is 0 Å². The highest BCUT2D eigenvalue weighted by atomic mass is 35.5. The average molecular weight is 504 g/mol. The molecule has 33 heavy (non-hydrogen) atoms. The molecule has 0 amide bonds. The molecule has 0 aliphatic carbocycles. The number of benzene rings is 2. The number of primary sulfonamides is 1. The second kappa shape index (κ2) is 8.60. The highest BCUT2D eigenvalue weighted by Gasteiger charge is 2.27. The molecule has 0 radical (unpaired) electrons. The molecule has 9 nitrogen and oxygen atoms in total. The largest absolute Gasteiger partial charge is 0.284 e. The van der Waals surface area contributed by atoms with Crippen LogP contribution >= 0.6 is 11.6 Å². The van der Waals surface area contributed by atoms with Gasteiger partial charge in [-0.1, -0.05) is 29.8 Å². The Labute approximate surface area is 196 Å². The minimum atomic E-state index is -4.05. The van der Waals surface area contributed by atoms with E-state index in [0.717, 1.165) is 4.31 Å². The van der Waals surface area contributed by atoms with Gasteiger partial charge in [-0.3, -0.25) is 4.31 Å². The standard InChI is InChI=1S/C21H18ClN5O4S2/c1-26(20-4-2-3-13-24-20)33(30,31)21-14-19(15-5-7-16(22)8-6-15)27(25-21)17-9-11-18(12-10-17)32(23,28)29/h2-14H,1H3,(H2,23,28,29). The van der Waals surface area contributed by atoms with Crippen molar-refractivity contribution < 1.29 is 16.8 Å². The van der Waals surface area contributed by atoms with Gasteiger partial charge in [-0.15, -0.1) is 0 Å². The van der Waals surface area contributed by atoms with Crippen LogP contribution in [0.15, 0.2) is 88.9 Å². The molecule has 2 N–H and O–H groups in total. The molecule has 0 bridgehead atoms. The summed E-state index contributed by atoms with van der Waals surface area (Å²) in [6.07, 6.45) is 1.49. The maximum absolute atomic E-state index is 13.3. The monoisotopic (exact) mass is 503 g/mol. The van der Waals surface area contributed by atoms with E-state index in [1.807, 2.05) is 0 Å². The van der Waals surface area contributed by atoms with Crippen LogP contribution in [-0.4, -0.2) is 38.6 Å². The van der Waals surface area contributed by atoms with Crippen molar-refractivity contribution in [3.63, 3.8) is 0 Å². The Morgan fingerprint density at radius 3 is 2.18 bits per heavy atom. The van der Waals surface area contributed by atoms with E-state index in [1.54, 1.807) is 42.5 Å². The molecule has 0 saturated carbocycles. The van der Waals surface area contributed by atoms with Crippen molar-refractivity contribution in [2.45, 2.75) is 9.92 Å². The fourth-order valence-corrected chi connectivity index (χ4v) is 4.81. The van der Waals surface area contributed by atoms with E-state index in [4.69, 9.17) is 16.7 Å². The number of hydrogen-bond acceptors (Lipinski definition) is 6. The summed E-state index contributed by atoms with van der Waals surface area (Å²) in [6, 6.07) is 18.8. The number of anilines is 1. The third-order valence-corrected chi connectivity index (χ3v) is 7.65. The molecule has 0 atom stereocenters. The minimum absolute atomic E-state index is 0.0748. The molecule has 170 valence electrons. The number of nitrogens with zero attached hydrogens (tertiary/aromatic N) is 4. The average Bonchev–Trinajstić information content (AvgIpc) is 3.25. The maximum atomic E-state index is 13.3. The number of halogens is 1. The van der Waals surface area contributed by atoms with Gasteiger partial charge in [0.15, 0.2) is 5.03 Å². The Morgan fingerprint density at radius 1 is 0.939 bits per heavy atom. The molecule has 0 fully saturated rings. The summed E-state index contributed by atoms with van der Waals surface area (Å²) in [5.74, 6) is 0.234. The Balaban J connectivity index is 1.86. The lowest BCUT2D eigenvalue weighted by molar-refractivity contribution is 0.588. The van der Waals surface area contributed by atoms with Crippen LogP contribution in [0.25, 0.3) is 16.9 Å². The highest BCUT2D eigenvalue weighted by Crippen LogP contribution is 2.29. The van der Waals surface area contributed by atoms with Gasteiger partial charge in [0.05, 0.1) is 16.3 Å². The van der Waals surface area contributed by atoms with E-state index < -0.39 is 20.0 Å². The lowest BCUT2D eigenvalue weighted by Crippen LogP contribution is -2.27. The van der Waals surface area contributed by atoms with Crippen molar-refractivity contribution in [3.8, 4) is 16.9 Å². The molecule has 0 aliphatic heterocycles. The predicted octanol–water partition coefficient (Wildman–Crippen LogP) is 3.06. The third-order valence-electron chi connectivity index (χ3n) is 4.83. The number of aromatic nitrogens is 3. The van der Waals surface area contributed by atoms with Crippen LogP contribution in [0.1, 0.15) is 0 Å². The third kappa shape index (κ3) is 4.62. The molecule has 2 aromatic heterocycles. The van der Waals surface area contributed by atoms with Crippen molar-refractivity contribution in [2.75, 3.05) is 11.4 Å². The van der Waals surface area contributed by atoms with E-state index in [9.17, 15) is 16.8 Å². The lowest BCUT2D eigenvalue weighted by atomic mass is 10.1. The SMILES string of the molecule is CN(c1ccccn1)S(=O)(=O)c1cc(-c2ccc(Cl)cc2)n(-c2ccc(S(N)(=O)=O)cc2)n1. The molecule has 12 heteroatoms. The van der Waals surface area contributed by atoms with E-state index in [-0.39, 0.29) is 15.7 Å². The quantitative estimate of drug-likeness (QED) is 0.430. The smallest absolute Gasteiger partial charge is 0.252 e. The first kappa shape index (κ1) is 22.9. The summed E-state index contributed by atoms with van der Waals surface area (Å²) < 4.78 is 52.2. The van der Waals surface area contributed by atoms with Crippen LogP contribution in [0.5, 0.6) is 0 Å². The van der Waals surface area contributed by atoms with Crippen molar-refractivity contribution in [2.24, 2.45) is 5.14 Å². The van der Waals surface area contributed by atoms with Gasteiger partial charge in [-0.25, -0.2) is 23.2 Å². The number of nitrogens with two attached hydrogens (primary N) is 1. The van der Waals surface area contributed by atoms with E-state index >= 15 is 0 Å². The number of sulfonamides is 2. The second-order valence-electron chi connectivity index (χ2n) is 6.99. The molecule has 0 spiro atoms. The van der Waals surface area contributed by atoms with Gasteiger partial charge in [0.25, 0.3) is 10.0 Å². The van der Waals surface area contributed by atoms with Crippen LogP contribution in [0.2, 0.25) is 5.02 Å². The zero-order chi connectivity index (χ0) is 23.8. The molecule has 0 unspecified atom stereocenters. The van der Waals surface area contributed by atoms with Crippen LogP contribution < -0.4 is 9.44 Å². The van der Waals surface area contributed by atoms with Crippen molar-refractivity contribution in [1.29, 1.82) is 0 Å². The van der Waals surface area contributed by atoms with Crippen LogP contribution in [0, 0.1) is 0 Å². The maximum Gasteiger partial charge on any atom is 0.284 e. The van der Waals surface area contributed by atoms with Crippen LogP contribution in [0.4, 0.5) is 5.82 Å². The molecule has 4 aromatic rings. The Hall–Kier alpha value is -3.25. The number of rotatable bonds is 6. The first-order chi connectivity index (χ1) is 15.6. The minimum Gasteiger partial charge on any atom is -0.252 e. The number of pyridine rings is 1. The summed E-state index contributed by atoms with van der Waals surface area (Å²) in [5, 5.41) is 9.82. The van der Waals surface area contributed by atoms with E-state index in [2.05, 4.69) is 10.1 Å². The normalized spacial score (nSPS) is 12.0. The summed E-state index contributed by atoms with van der Waals surface area (Å²) in [5.41, 5.74) is 1.56. The van der Waals surface area contributed by atoms with Gasteiger partial charge >= 0.3 is 0 Å². The second-order valence-corrected chi connectivity index (χ2v) is 10.9. The molecular formula is C21H18ClN5O4S2. The lowest BCUT2D eigenvalue weighted by Gasteiger charge is -2.16. The van der Waals surface area contributed by atoms with Gasteiger partial charge in [-0.2, -0.15) is 13.5 Å². The van der Waals surface area contributed by atoms with Crippen molar-refractivity contribution >= 4 is 37.5 Å². The molecule has 4 rings (SSSR count). The van der Waals surface area contributed by atoms with Crippen LogP contribution in [-0.2, 0) is 20.0 Å². The summed E-state index contributed by atoms with van der Waals surface area (Å²) in [6.45, 7) is 0. The Kier molecular flexibility index (Phi) is 5.97. The molecule has 2 aromatic carbocycles. The first-order valence-corrected chi connectivity index (χ1v) is 12.8. The highest BCUT2D eigenvalue weighted by molar-refractivity contribution is 7.92. The summed E-state index contributed by atoms with van der Waals surface area (Å²) in [7, 11) is -6.55. The van der Waals surface area contributed by atoms with Gasteiger partial charge in [0.1, 0.15) is 5.82 Å². The zero-order valence-corrected chi connectivity index (χ0v) is 19.6.